The number of carbonyl (C=O) groups is 3. The smallest absolute Gasteiger partial charge is 0.306 e. The minimum atomic E-state index is -0.528. The van der Waals surface area contributed by atoms with E-state index in [4.69, 9.17) is 14.6 Å². The van der Waals surface area contributed by atoms with Crippen LogP contribution in [0.4, 0.5) is 4.39 Å². The SMILES string of the molecule is COC(=O)CCC#Cc1ccccc1-c1cccc(CC2C(Cc3ccccc3)C(C)CC23COCC(=O)N3)c1F.O=CO. The van der Waals surface area contributed by atoms with E-state index in [9.17, 15) is 9.59 Å². The number of nitrogens with one attached hydrogen (secondary N) is 1. The van der Waals surface area contributed by atoms with Crippen molar-refractivity contribution in [2.75, 3.05) is 20.3 Å². The Hall–Kier alpha value is -4.48. The van der Waals surface area contributed by atoms with Crippen LogP contribution in [0.15, 0.2) is 72.8 Å². The van der Waals surface area contributed by atoms with Gasteiger partial charge < -0.3 is 19.9 Å². The third-order valence-electron chi connectivity index (χ3n) is 8.58. The Morgan fingerprint density at radius 1 is 1.09 bits per heavy atom. The van der Waals surface area contributed by atoms with E-state index in [0.29, 0.717) is 47.6 Å². The standard InChI is InChI=1S/C35H36FNO4.CH2O2/c1-24-21-35(23-41-22-32(38)37-35)31(30(24)19-25-11-4-3-5-12-25)20-27-15-10-17-29(34(27)36)28-16-8-6-13-26(28)14-7-9-18-33(39)40-2;2-1-3/h3-6,8,10-13,15-17,24,30-31H,9,18-23H2,1-2H3,(H,37,38);1H,(H,2,3). The highest BCUT2D eigenvalue weighted by Gasteiger charge is 2.54. The monoisotopic (exact) mass is 599 g/mol. The molecular formula is C36H38FNO6. The molecule has 3 aromatic carbocycles. The number of benzene rings is 3. The summed E-state index contributed by atoms with van der Waals surface area (Å²) in [6.45, 7) is 2.48. The van der Waals surface area contributed by atoms with Crippen molar-refractivity contribution < 1.29 is 33.4 Å². The fourth-order valence-electron chi connectivity index (χ4n) is 6.68. The van der Waals surface area contributed by atoms with E-state index in [2.05, 4.69) is 41.0 Å². The second kappa shape index (κ2) is 15.3. The number of hydrogen-bond donors (Lipinski definition) is 2. The zero-order valence-corrected chi connectivity index (χ0v) is 25.1. The van der Waals surface area contributed by atoms with E-state index >= 15 is 4.39 Å². The highest BCUT2D eigenvalue weighted by Crippen LogP contribution is 2.48. The van der Waals surface area contributed by atoms with Gasteiger partial charge >= 0.3 is 5.97 Å². The van der Waals surface area contributed by atoms with Gasteiger partial charge in [-0.2, -0.15) is 0 Å². The van der Waals surface area contributed by atoms with Gasteiger partial charge in [0.05, 0.1) is 25.7 Å². The molecule has 3 aromatic rings. The number of esters is 1. The third-order valence-corrected chi connectivity index (χ3v) is 8.58. The van der Waals surface area contributed by atoms with E-state index in [1.54, 1.807) is 6.07 Å². The number of halogens is 1. The molecule has 1 spiro atoms. The minimum absolute atomic E-state index is 0.0000584. The maximum absolute atomic E-state index is 16.4. The lowest BCUT2D eigenvalue weighted by Gasteiger charge is -2.41. The first-order valence-electron chi connectivity index (χ1n) is 14.7. The van der Waals surface area contributed by atoms with Crippen molar-refractivity contribution in [1.82, 2.24) is 5.32 Å². The lowest BCUT2D eigenvalue weighted by atomic mass is 9.75. The lowest BCUT2D eigenvalue weighted by Crippen LogP contribution is -2.60. The average molecular weight is 600 g/mol. The predicted octanol–water partition coefficient (Wildman–Crippen LogP) is 5.44. The van der Waals surface area contributed by atoms with Crippen LogP contribution in [0.2, 0.25) is 0 Å². The molecule has 0 bridgehead atoms. The first kappa shape index (κ1) is 32.4. The van der Waals surface area contributed by atoms with E-state index in [-0.39, 0.29) is 49.0 Å². The van der Waals surface area contributed by atoms with Gasteiger partial charge in [0.1, 0.15) is 12.4 Å². The van der Waals surface area contributed by atoms with Crippen LogP contribution in [-0.4, -0.2) is 49.3 Å². The average Bonchev–Trinajstić information content (AvgIpc) is 3.25. The van der Waals surface area contributed by atoms with Gasteiger partial charge in [-0.25, -0.2) is 4.39 Å². The van der Waals surface area contributed by atoms with Crippen LogP contribution < -0.4 is 5.32 Å². The van der Waals surface area contributed by atoms with Gasteiger partial charge in [0.2, 0.25) is 5.91 Å². The van der Waals surface area contributed by atoms with Crippen molar-refractivity contribution >= 4 is 18.3 Å². The molecule has 2 N–H and O–H groups in total. The van der Waals surface area contributed by atoms with Crippen molar-refractivity contribution in [3.8, 4) is 23.0 Å². The van der Waals surface area contributed by atoms with Gasteiger partial charge in [0.15, 0.2) is 0 Å². The molecule has 4 atom stereocenters. The number of morpholine rings is 1. The molecule has 1 heterocycles. The van der Waals surface area contributed by atoms with Crippen LogP contribution in [0.1, 0.15) is 42.9 Å². The molecule has 0 aromatic heterocycles. The Morgan fingerprint density at radius 2 is 1.80 bits per heavy atom. The Bertz CT molecular complexity index is 1510. The van der Waals surface area contributed by atoms with Crippen LogP contribution in [-0.2, 0) is 36.7 Å². The summed E-state index contributed by atoms with van der Waals surface area (Å²) in [7, 11) is 1.36. The molecule has 1 aliphatic heterocycles. The molecular weight excluding hydrogens is 561 g/mol. The topological polar surface area (TPSA) is 102 Å². The third kappa shape index (κ3) is 7.72. The fourth-order valence-corrected chi connectivity index (χ4v) is 6.68. The zero-order chi connectivity index (χ0) is 31.5. The molecule has 44 heavy (non-hydrogen) atoms. The van der Waals surface area contributed by atoms with Crippen molar-refractivity contribution in [2.24, 2.45) is 17.8 Å². The van der Waals surface area contributed by atoms with Gasteiger partial charge in [0, 0.05) is 23.1 Å². The number of amides is 1. The quantitative estimate of drug-likeness (QED) is 0.213. The minimum Gasteiger partial charge on any atom is -0.483 e. The van der Waals surface area contributed by atoms with Crippen molar-refractivity contribution in [3.05, 3.63) is 95.3 Å². The number of hydrogen-bond acceptors (Lipinski definition) is 5. The molecule has 2 aliphatic rings. The highest BCUT2D eigenvalue weighted by atomic mass is 19.1. The van der Waals surface area contributed by atoms with Crippen LogP contribution >= 0.6 is 0 Å². The molecule has 7 nitrogen and oxygen atoms in total. The Morgan fingerprint density at radius 3 is 2.52 bits per heavy atom. The summed E-state index contributed by atoms with van der Waals surface area (Å²) < 4.78 is 26.9. The molecule has 1 saturated heterocycles. The molecule has 8 heteroatoms. The first-order valence-corrected chi connectivity index (χ1v) is 14.7. The lowest BCUT2D eigenvalue weighted by molar-refractivity contribution is -0.140. The molecule has 4 unspecified atom stereocenters. The van der Waals surface area contributed by atoms with E-state index in [0.717, 1.165) is 12.8 Å². The van der Waals surface area contributed by atoms with Crippen LogP contribution in [0, 0.1) is 35.4 Å². The normalized spacial score (nSPS) is 22.2. The highest BCUT2D eigenvalue weighted by molar-refractivity contribution is 5.79. The van der Waals surface area contributed by atoms with Crippen LogP contribution in [0.3, 0.4) is 0 Å². The maximum Gasteiger partial charge on any atom is 0.306 e. The number of rotatable bonds is 7. The summed E-state index contributed by atoms with van der Waals surface area (Å²) in [4.78, 5) is 32.4. The summed E-state index contributed by atoms with van der Waals surface area (Å²) in [5.74, 6) is 6.02. The molecule has 1 aliphatic carbocycles. The summed E-state index contributed by atoms with van der Waals surface area (Å²) in [6, 6.07) is 23.4. The van der Waals surface area contributed by atoms with E-state index in [1.165, 1.54) is 12.7 Å². The zero-order valence-electron chi connectivity index (χ0n) is 25.1. The van der Waals surface area contributed by atoms with Crippen molar-refractivity contribution in [1.29, 1.82) is 0 Å². The van der Waals surface area contributed by atoms with Gasteiger partial charge in [-0.05, 0) is 54.2 Å². The molecule has 1 saturated carbocycles. The molecule has 230 valence electrons. The Labute approximate surface area is 257 Å². The largest absolute Gasteiger partial charge is 0.483 e. The number of carboxylic acid groups (broad SMARTS) is 1. The molecule has 1 amide bonds. The molecule has 2 fully saturated rings. The summed E-state index contributed by atoms with van der Waals surface area (Å²) in [6.07, 6.45) is 2.71. The van der Waals surface area contributed by atoms with Crippen LogP contribution in [0.5, 0.6) is 0 Å². The number of ether oxygens (including phenoxy) is 2. The summed E-state index contributed by atoms with van der Waals surface area (Å²) in [5.41, 5.74) is 3.23. The summed E-state index contributed by atoms with van der Waals surface area (Å²) in [5, 5.41) is 10.2. The van der Waals surface area contributed by atoms with Gasteiger partial charge in [-0.1, -0.05) is 85.5 Å². The first-order chi connectivity index (χ1) is 21.3. The van der Waals surface area contributed by atoms with Crippen molar-refractivity contribution in [3.63, 3.8) is 0 Å². The molecule has 0 radical (unpaired) electrons. The predicted molar refractivity (Wildman–Crippen MR) is 165 cm³/mol. The van der Waals surface area contributed by atoms with Crippen LogP contribution in [0.25, 0.3) is 11.1 Å². The number of carbonyl (C=O) groups excluding carboxylic acids is 2. The summed E-state index contributed by atoms with van der Waals surface area (Å²) >= 11 is 0. The number of methoxy groups -OCH3 is 1. The second-order valence-corrected chi connectivity index (χ2v) is 11.4. The van der Waals surface area contributed by atoms with Gasteiger partial charge in [-0.15, -0.1) is 0 Å². The molecule has 5 rings (SSSR count). The van der Waals surface area contributed by atoms with E-state index in [1.807, 2.05) is 54.6 Å². The maximum atomic E-state index is 16.4. The Kier molecular flexibility index (Phi) is 11.3. The van der Waals surface area contributed by atoms with Crippen molar-refractivity contribution in [2.45, 2.75) is 44.6 Å². The van der Waals surface area contributed by atoms with Gasteiger partial charge in [-0.3, -0.25) is 14.4 Å². The second-order valence-electron chi connectivity index (χ2n) is 11.4. The van der Waals surface area contributed by atoms with Gasteiger partial charge in [0.25, 0.3) is 6.47 Å². The fraction of sp³-hybridized carbons (Fsp3) is 0.361. The van der Waals surface area contributed by atoms with E-state index < -0.39 is 5.54 Å². The Balaban J connectivity index is 0.00000141.